The van der Waals surface area contributed by atoms with Crippen LogP contribution in [-0.2, 0) is 0 Å². The lowest BCUT2D eigenvalue weighted by atomic mass is 9.74. The van der Waals surface area contributed by atoms with Gasteiger partial charge in [0.15, 0.2) is 0 Å². The van der Waals surface area contributed by atoms with Crippen LogP contribution in [-0.4, -0.2) is 24.0 Å². The van der Waals surface area contributed by atoms with Crippen LogP contribution in [0.3, 0.4) is 0 Å². The van der Waals surface area contributed by atoms with Crippen LogP contribution in [0.25, 0.3) is 0 Å². The summed E-state index contributed by atoms with van der Waals surface area (Å²) in [5, 5.41) is 2.17. The second-order valence-electron chi connectivity index (χ2n) is 6.46. The highest BCUT2D eigenvalue weighted by Gasteiger charge is 2.39. The van der Waals surface area contributed by atoms with E-state index < -0.39 is 0 Å². The maximum absolute atomic E-state index is 6.21. The van der Waals surface area contributed by atoms with Crippen molar-refractivity contribution in [3.8, 4) is 0 Å². The molecule has 3 heteroatoms. The third kappa shape index (κ3) is 3.26. The van der Waals surface area contributed by atoms with E-state index in [1.165, 1.54) is 43.4 Å². The van der Waals surface area contributed by atoms with Crippen LogP contribution in [0.15, 0.2) is 17.5 Å². The number of likely N-dealkylation sites (N-methyl/N-ethyl adjacent to an activating group) is 1. The summed E-state index contributed by atoms with van der Waals surface area (Å²) in [5.74, 6) is 0.935. The lowest BCUT2D eigenvalue weighted by Gasteiger charge is -2.48. The topological polar surface area (TPSA) is 29.3 Å². The summed E-state index contributed by atoms with van der Waals surface area (Å²) in [6.07, 6.45) is 7.95. The Morgan fingerprint density at radius 3 is 2.65 bits per heavy atom. The van der Waals surface area contributed by atoms with Gasteiger partial charge in [-0.05, 0) is 57.0 Å². The zero-order chi connectivity index (χ0) is 14.6. The highest BCUT2D eigenvalue weighted by Crippen LogP contribution is 2.40. The Balaban J connectivity index is 2.04. The molecule has 2 N–H and O–H groups in total. The van der Waals surface area contributed by atoms with Gasteiger partial charge in [-0.25, -0.2) is 0 Å². The van der Waals surface area contributed by atoms with Gasteiger partial charge in [0, 0.05) is 23.0 Å². The average Bonchev–Trinajstić information content (AvgIpc) is 3.01. The van der Waals surface area contributed by atoms with Crippen LogP contribution >= 0.6 is 11.3 Å². The molecule has 0 amide bonds. The molecule has 1 heterocycles. The Bertz CT molecular complexity index is 380. The van der Waals surface area contributed by atoms with Gasteiger partial charge < -0.3 is 5.73 Å². The Hall–Kier alpha value is -0.380. The summed E-state index contributed by atoms with van der Waals surface area (Å²) in [6, 6.07) is 4.87. The van der Waals surface area contributed by atoms with Crippen LogP contribution in [0.1, 0.15) is 63.3 Å². The molecule has 1 aliphatic carbocycles. The first-order valence-electron chi connectivity index (χ1n) is 8.09. The monoisotopic (exact) mass is 294 g/mol. The summed E-state index contributed by atoms with van der Waals surface area (Å²) < 4.78 is 0. The first-order chi connectivity index (χ1) is 9.63. The van der Waals surface area contributed by atoms with Gasteiger partial charge in [-0.3, -0.25) is 4.90 Å². The van der Waals surface area contributed by atoms with Gasteiger partial charge in [0.2, 0.25) is 0 Å². The van der Waals surface area contributed by atoms with Crippen LogP contribution in [0.5, 0.6) is 0 Å². The standard InChI is InChI=1S/C17H30N2S/c1-4-6-15-8-10-17(13-18,11-9-15)19(3)14(2)16-7-5-12-20-16/h5,7,12,14-15H,4,6,8-11,13,18H2,1-3H3. The van der Waals surface area contributed by atoms with Gasteiger partial charge in [-0.15, -0.1) is 11.3 Å². The molecule has 1 unspecified atom stereocenters. The van der Waals surface area contributed by atoms with Gasteiger partial charge >= 0.3 is 0 Å². The summed E-state index contributed by atoms with van der Waals surface area (Å²) in [6.45, 7) is 5.41. The molecular formula is C17H30N2S. The van der Waals surface area contributed by atoms with Gasteiger partial charge in [-0.1, -0.05) is 25.8 Å². The van der Waals surface area contributed by atoms with Crippen molar-refractivity contribution in [1.29, 1.82) is 0 Å². The molecular weight excluding hydrogens is 264 g/mol. The van der Waals surface area contributed by atoms with Crippen LogP contribution in [0, 0.1) is 5.92 Å². The molecule has 1 saturated carbocycles. The average molecular weight is 295 g/mol. The van der Waals surface area contributed by atoms with Crippen molar-refractivity contribution in [1.82, 2.24) is 4.90 Å². The largest absolute Gasteiger partial charge is 0.329 e. The maximum atomic E-state index is 6.21. The molecule has 114 valence electrons. The minimum atomic E-state index is 0.216. The Labute approximate surface area is 128 Å². The third-order valence-corrected chi connectivity index (χ3v) is 6.44. The molecule has 0 radical (unpaired) electrons. The quantitative estimate of drug-likeness (QED) is 0.841. The zero-order valence-electron chi connectivity index (χ0n) is 13.3. The Kier molecular flexibility index (Phi) is 5.65. The molecule has 0 bridgehead atoms. The van der Waals surface area contributed by atoms with E-state index >= 15 is 0 Å². The van der Waals surface area contributed by atoms with Crippen molar-refractivity contribution in [3.05, 3.63) is 22.4 Å². The summed E-state index contributed by atoms with van der Waals surface area (Å²) >= 11 is 1.86. The number of hydrogen-bond acceptors (Lipinski definition) is 3. The van der Waals surface area contributed by atoms with E-state index in [4.69, 9.17) is 5.73 Å². The third-order valence-electron chi connectivity index (χ3n) is 5.40. The Morgan fingerprint density at radius 1 is 1.45 bits per heavy atom. The van der Waals surface area contributed by atoms with E-state index in [1.54, 1.807) is 0 Å². The fourth-order valence-corrected chi connectivity index (χ4v) is 4.57. The van der Waals surface area contributed by atoms with Crippen molar-refractivity contribution in [3.63, 3.8) is 0 Å². The normalized spacial score (nSPS) is 28.8. The van der Waals surface area contributed by atoms with E-state index in [0.29, 0.717) is 6.04 Å². The zero-order valence-corrected chi connectivity index (χ0v) is 14.1. The fourth-order valence-electron chi connectivity index (χ4n) is 3.74. The van der Waals surface area contributed by atoms with E-state index in [-0.39, 0.29) is 5.54 Å². The van der Waals surface area contributed by atoms with Crippen molar-refractivity contribution >= 4 is 11.3 Å². The number of nitrogens with two attached hydrogens (primary N) is 1. The lowest BCUT2D eigenvalue weighted by molar-refractivity contribution is 0.0348. The van der Waals surface area contributed by atoms with Gasteiger partial charge in [-0.2, -0.15) is 0 Å². The predicted octanol–water partition coefficient (Wildman–Crippen LogP) is 4.43. The number of hydrogen-bond donors (Lipinski definition) is 1. The second kappa shape index (κ2) is 7.06. The molecule has 20 heavy (non-hydrogen) atoms. The molecule has 0 aliphatic heterocycles. The van der Waals surface area contributed by atoms with E-state index in [2.05, 4.69) is 43.3 Å². The van der Waals surface area contributed by atoms with Crippen LogP contribution < -0.4 is 5.73 Å². The molecule has 0 saturated heterocycles. The Morgan fingerprint density at radius 2 is 2.15 bits per heavy atom. The number of nitrogens with zero attached hydrogens (tertiary/aromatic N) is 1. The van der Waals surface area contributed by atoms with Crippen LogP contribution in [0.2, 0.25) is 0 Å². The minimum absolute atomic E-state index is 0.216. The van der Waals surface area contributed by atoms with Crippen LogP contribution in [0.4, 0.5) is 0 Å². The van der Waals surface area contributed by atoms with E-state index in [9.17, 15) is 0 Å². The molecule has 0 aromatic carbocycles. The van der Waals surface area contributed by atoms with Gasteiger partial charge in [0.25, 0.3) is 0 Å². The van der Waals surface area contributed by atoms with E-state index in [1.807, 2.05) is 11.3 Å². The summed E-state index contributed by atoms with van der Waals surface area (Å²) in [5.41, 5.74) is 6.43. The first-order valence-corrected chi connectivity index (χ1v) is 8.97. The molecule has 1 fully saturated rings. The maximum Gasteiger partial charge on any atom is 0.0416 e. The minimum Gasteiger partial charge on any atom is -0.329 e. The first kappa shape index (κ1) is 16.0. The molecule has 2 rings (SSSR count). The lowest BCUT2D eigenvalue weighted by Crippen LogP contribution is -2.54. The van der Waals surface area contributed by atoms with Crippen molar-refractivity contribution in [2.75, 3.05) is 13.6 Å². The molecule has 2 nitrogen and oxygen atoms in total. The van der Waals surface area contributed by atoms with Crippen molar-refractivity contribution in [2.24, 2.45) is 11.7 Å². The van der Waals surface area contributed by atoms with E-state index in [0.717, 1.165) is 12.5 Å². The molecule has 1 aromatic rings. The molecule has 0 spiro atoms. The summed E-state index contributed by atoms with van der Waals surface area (Å²) in [7, 11) is 2.28. The van der Waals surface area contributed by atoms with Gasteiger partial charge in [0.05, 0.1) is 0 Å². The fraction of sp³-hybridized carbons (Fsp3) is 0.765. The smallest absolute Gasteiger partial charge is 0.0416 e. The highest BCUT2D eigenvalue weighted by atomic mass is 32.1. The number of thiophene rings is 1. The highest BCUT2D eigenvalue weighted by molar-refractivity contribution is 7.10. The molecule has 1 aliphatic rings. The second-order valence-corrected chi connectivity index (χ2v) is 7.44. The predicted molar refractivity (Wildman–Crippen MR) is 89.1 cm³/mol. The van der Waals surface area contributed by atoms with Crippen molar-refractivity contribution in [2.45, 2.75) is 64.0 Å². The van der Waals surface area contributed by atoms with Gasteiger partial charge in [0.1, 0.15) is 0 Å². The SMILES string of the molecule is CCCC1CCC(CN)(N(C)C(C)c2cccs2)CC1. The van der Waals surface area contributed by atoms with Crippen molar-refractivity contribution < 1.29 is 0 Å². The number of rotatable bonds is 6. The molecule has 1 atom stereocenters. The summed E-state index contributed by atoms with van der Waals surface area (Å²) in [4.78, 5) is 4.01. The molecule has 1 aromatic heterocycles.